The zero-order valence-corrected chi connectivity index (χ0v) is 24.4. The summed E-state index contributed by atoms with van der Waals surface area (Å²) in [6.07, 6.45) is 4.14. The van der Waals surface area contributed by atoms with Gasteiger partial charge in [-0.15, -0.1) is 0 Å². The smallest absolute Gasteiger partial charge is 0.0402 e. The molecule has 0 radical (unpaired) electrons. The zero-order valence-electron chi connectivity index (χ0n) is 24.4. The number of aryl methyl sites for hydroxylation is 4. The number of hydrogen-bond acceptors (Lipinski definition) is 2. The molecule has 0 spiro atoms. The lowest BCUT2D eigenvalue weighted by Crippen LogP contribution is -2.22. The van der Waals surface area contributed by atoms with Crippen molar-refractivity contribution in [1.29, 1.82) is 0 Å². The first-order valence-corrected chi connectivity index (χ1v) is 13.9. The molecule has 0 aliphatic carbocycles. The molecule has 0 aliphatic heterocycles. The lowest BCUT2D eigenvalue weighted by atomic mass is 9.73. The molecule has 0 aromatic heterocycles. The van der Waals surface area contributed by atoms with Crippen LogP contribution >= 0.6 is 0 Å². The van der Waals surface area contributed by atoms with Crippen LogP contribution in [0.2, 0.25) is 0 Å². The van der Waals surface area contributed by atoms with Gasteiger partial charge in [0.1, 0.15) is 0 Å². The minimum atomic E-state index is -0.0675. The maximum absolute atomic E-state index is 3.44. The van der Waals surface area contributed by atoms with E-state index in [1.807, 2.05) is 14.1 Å². The number of benzene rings is 3. The van der Waals surface area contributed by atoms with Gasteiger partial charge in [0.05, 0.1) is 0 Å². The molecule has 0 bridgehead atoms. The van der Waals surface area contributed by atoms with E-state index >= 15 is 0 Å². The zero-order chi connectivity index (χ0) is 26.7. The van der Waals surface area contributed by atoms with Gasteiger partial charge >= 0.3 is 0 Å². The van der Waals surface area contributed by atoms with Crippen LogP contribution in [0.3, 0.4) is 0 Å². The summed E-state index contributed by atoms with van der Waals surface area (Å²) in [7, 11) is 4.08. The largest absolute Gasteiger partial charge is 0.388 e. The van der Waals surface area contributed by atoms with E-state index in [-0.39, 0.29) is 10.8 Å². The first kappa shape index (κ1) is 27.8. The van der Waals surface area contributed by atoms with E-state index in [0.29, 0.717) is 0 Å². The maximum Gasteiger partial charge on any atom is 0.0402 e. The molecule has 194 valence electrons. The molecule has 0 amide bonds. The van der Waals surface area contributed by atoms with Crippen LogP contribution in [0.15, 0.2) is 48.5 Å². The molecule has 0 atom stereocenters. The molecule has 36 heavy (non-hydrogen) atoms. The van der Waals surface area contributed by atoms with Gasteiger partial charge in [-0.3, -0.25) is 0 Å². The van der Waals surface area contributed by atoms with E-state index in [9.17, 15) is 0 Å². The van der Waals surface area contributed by atoms with Crippen molar-refractivity contribution in [2.45, 2.75) is 91.9 Å². The Bertz CT molecular complexity index is 1040. The minimum Gasteiger partial charge on any atom is -0.388 e. The van der Waals surface area contributed by atoms with Crippen LogP contribution in [0, 0.1) is 0 Å². The van der Waals surface area contributed by atoms with Gasteiger partial charge in [0.2, 0.25) is 0 Å². The van der Waals surface area contributed by atoms with Crippen molar-refractivity contribution < 1.29 is 0 Å². The van der Waals surface area contributed by atoms with E-state index in [1.165, 1.54) is 55.9 Å². The molecule has 0 aliphatic rings. The van der Waals surface area contributed by atoms with Gasteiger partial charge in [0, 0.05) is 36.3 Å². The Hall–Kier alpha value is -2.74. The average molecular weight is 485 g/mol. The van der Waals surface area contributed by atoms with Crippen LogP contribution in [0.5, 0.6) is 0 Å². The van der Waals surface area contributed by atoms with Gasteiger partial charge < -0.3 is 10.6 Å². The summed E-state index contributed by atoms with van der Waals surface area (Å²) in [5, 5.41) is 6.89. The van der Waals surface area contributed by atoms with Crippen molar-refractivity contribution in [2.24, 2.45) is 0 Å². The second kappa shape index (κ2) is 11.1. The van der Waals surface area contributed by atoms with Gasteiger partial charge in [-0.1, -0.05) is 104 Å². The van der Waals surface area contributed by atoms with Crippen molar-refractivity contribution in [3.63, 3.8) is 0 Å². The summed E-state index contributed by atoms with van der Waals surface area (Å²) in [6, 6.07) is 19.0. The Kier molecular flexibility index (Phi) is 8.59. The van der Waals surface area contributed by atoms with Crippen LogP contribution in [0.25, 0.3) is 0 Å². The first-order valence-electron chi connectivity index (χ1n) is 13.9. The van der Waals surface area contributed by atoms with Gasteiger partial charge in [-0.25, -0.2) is 0 Å². The number of anilines is 2. The highest BCUT2D eigenvalue weighted by molar-refractivity contribution is 5.62. The SMILES string of the molecule is CCc1cc(C(C)(C)c2ccc(C(C)(C)c3cc(CC)c(NC)c(CC)c3)cc2)cc(CC)c1NC. The van der Waals surface area contributed by atoms with E-state index in [2.05, 4.69) is 115 Å². The van der Waals surface area contributed by atoms with Crippen LogP contribution in [-0.4, -0.2) is 14.1 Å². The summed E-state index contributed by atoms with van der Waals surface area (Å²) in [5.41, 5.74) is 13.6. The van der Waals surface area contributed by atoms with E-state index in [4.69, 9.17) is 0 Å². The summed E-state index contributed by atoms with van der Waals surface area (Å²) < 4.78 is 0. The Morgan fingerprint density at radius 2 is 0.722 bits per heavy atom. The normalized spacial score (nSPS) is 12.1. The molecule has 3 rings (SSSR count). The fraction of sp³-hybridized carbons (Fsp3) is 0.471. The maximum atomic E-state index is 3.44. The molecule has 3 aromatic rings. The summed E-state index contributed by atoms with van der Waals surface area (Å²) in [5.74, 6) is 0. The molecular formula is C34H48N2. The standard InChI is InChI=1S/C34H48N2/c1-11-23-19-29(20-24(12-2)31(23)35-9)33(5,6)27-15-17-28(18-16-27)34(7,8)30-21-25(13-3)32(36-10)26(14-4)22-30/h15-22,35-36H,11-14H2,1-10H3. The summed E-state index contributed by atoms with van der Waals surface area (Å²) >= 11 is 0. The quantitative estimate of drug-likeness (QED) is 0.301. The highest BCUT2D eigenvalue weighted by atomic mass is 14.8. The van der Waals surface area contributed by atoms with E-state index in [0.717, 1.165) is 25.7 Å². The van der Waals surface area contributed by atoms with Crippen LogP contribution in [0.4, 0.5) is 11.4 Å². The van der Waals surface area contributed by atoms with Crippen LogP contribution in [0.1, 0.15) is 99.9 Å². The monoisotopic (exact) mass is 484 g/mol. The fourth-order valence-electron chi connectivity index (χ4n) is 5.65. The second-order valence-electron chi connectivity index (χ2n) is 11.1. The van der Waals surface area contributed by atoms with Crippen molar-refractivity contribution in [3.8, 4) is 0 Å². The first-order chi connectivity index (χ1) is 17.1. The highest BCUT2D eigenvalue weighted by Gasteiger charge is 2.28. The van der Waals surface area contributed by atoms with E-state index in [1.54, 1.807) is 0 Å². The van der Waals surface area contributed by atoms with Gasteiger partial charge in [-0.05, 0) is 70.2 Å². The molecule has 2 nitrogen and oxygen atoms in total. The van der Waals surface area contributed by atoms with Crippen molar-refractivity contribution in [3.05, 3.63) is 93.0 Å². The Morgan fingerprint density at radius 1 is 0.472 bits per heavy atom. The number of hydrogen-bond donors (Lipinski definition) is 2. The van der Waals surface area contributed by atoms with E-state index < -0.39 is 0 Å². The van der Waals surface area contributed by atoms with Crippen molar-refractivity contribution in [1.82, 2.24) is 0 Å². The van der Waals surface area contributed by atoms with Gasteiger partial charge in [0.15, 0.2) is 0 Å². The fourth-order valence-corrected chi connectivity index (χ4v) is 5.65. The Morgan fingerprint density at radius 3 is 0.917 bits per heavy atom. The van der Waals surface area contributed by atoms with Gasteiger partial charge in [-0.2, -0.15) is 0 Å². The average Bonchev–Trinajstić information content (AvgIpc) is 2.90. The van der Waals surface area contributed by atoms with Crippen LogP contribution < -0.4 is 10.6 Å². The lowest BCUT2D eigenvalue weighted by Gasteiger charge is -2.31. The molecule has 0 fully saturated rings. The summed E-state index contributed by atoms with van der Waals surface area (Å²) in [6.45, 7) is 18.4. The third kappa shape index (κ3) is 5.05. The third-order valence-corrected chi connectivity index (χ3v) is 8.40. The highest BCUT2D eigenvalue weighted by Crippen LogP contribution is 2.39. The molecule has 2 heteroatoms. The molecule has 0 saturated carbocycles. The molecule has 3 aromatic carbocycles. The third-order valence-electron chi connectivity index (χ3n) is 8.40. The number of rotatable bonds is 10. The lowest BCUT2D eigenvalue weighted by molar-refractivity contribution is 0.624. The van der Waals surface area contributed by atoms with Crippen molar-refractivity contribution in [2.75, 3.05) is 24.7 Å². The number of nitrogens with one attached hydrogen (secondary N) is 2. The predicted octanol–water partition coefficient (Wildman–Crippen LogP) is 8.67. The summed E-state index contributed by atoms with van der Waals surface area (Å²) in [4.78, 5) is 0. The van der Waals surface area contributed by atoms with Crippen molar-refractivity contribution >= 4 is 11.4 Å². The van der Waals surface area contributed by atoms with Gasteiger partial charge in [0.25, 0.3) is 0 Å². The molecule has 0 saturated heterocycles. The topological polar surface area (TPSA) is 24.1 Å². The second-order valence-corrected chi connectivity index (χ2v) is 11.1. The molecule has 2 N–H and O–H groups in total. The molecule has 0 unspecified atom stereocenters. The molecule has 0 heterocycles. The molecular weight excluding hydrogens is 436 g/mol. The Balaban J connectivity index is 2.03. The minimum absolute atomic E-state index is 0.0675. The van der Waals surface area contributed by atoms with Crippen LogP contribution in [-0.2, 0) is 36.5 Å². The predicted molar refractivity (Wildman–Crippen MR) is 160 cm³/mol. The Labute approximate surface area is 220 Å².